The van der Waals surface area contributed by atoms with Gasteiger partial charge in [0.1, 0.15) is 11.4 Å². The third-order valence-electron chi connectivity index (χ3n) is 5.59. The van der Waals surface area contributed by atoms with Crippen LogP contribution in [0.4, 0.5) is 15.3 Å². The molecule has 0 spiro atoms. The molecular formula is C26H27N3O8S. The van der Waals surface area contributed by atoms with E-state index in [2.05, 4.69) is 10.3 Å². The Labute approximate surface area is 222 Å². The molecule has 11 nitrogen and oxygen atoms in total. The molecule has 0 bridgehead atoms. The van der Waals surface area contributed by atoms with Gasteiger partial charge in [-0.1, -0.05) is 24.3 Å². The zero-order valence-electron chi connectivity index (χ0n) is 21.0. The molecule has 3 aromatic rings. The predicted octanol–water partition coefficient (Wildman–Crippen LogP) is 5.14. The highest BCUT2D eigenvalue weighted by atomic mass is 32.1. The SMILES string of the molecule is CC(C)(C)OC(=O)O[C@H]1CN[C@H](Cc2ccc(-c3cncs3)cc2)[C@@H]1OC(=O)Oc1ccc([N+](=O)[O-])cc1. The summed E-state index contributed by atoms with van der Waals surface area (Å²) in [6.45, 7) is 5.39. The molecule has 200 valence electrons. The number of hydrogen-bond donors (Lipinski definition) is 1. The van der Waals surface area contributed by atoms with Gasteiger partial charge < -0.3 is 24.3 Å². The maximum absolute atomic E-state index is 12.6. The number of carbonyl (C=O) groups is 2. The summed E-state index contributed by atoms with van der Waals surface area (Å²) >= 11 is 1.55. The summed E-state index contributed by atoms with van der Waals surface area (Å²) in [7, 11) is 0. The van der Waals surface area contributed by atoms with Gasteiger partial charge >= 0.3 is 12.3 Å². The minimum absolute atomic E-state index is 0.0753. The lowest BCUT2D eigenvalue weighted by Gasteiger charge is -2.25. The molecule has 1 N–H and O–H groups in total. The van der Waals surface area contributed by atoms with Crippen molar-refractivity contribution in [2.75, 3.05) is 6.54 Å². The number of thiazole rings is 1. The summed E-state index contributed by atoms with van der Waals surface area (Å²) in [6, 6.07) is 12.6. The van der Waals surface area contributed by atoms with E-state index in [9.17, 15) is 19.7 Å². The average Bonchev–Trinajstić information content (AvgIpc) is 3.50. The molecule has 4 rings (SSSR count). The predicted molar refractivity (Wildman–Crippen MR) is 138 cm³/mol. The highest BCUT2D eigenvalue weighted by molar-refractivity contribution is 7.13. The number of aromatic nitrogens is 1. The van der Waals surface area contributed by atoms with E-state index in [1.807, 2.05) is 24.3 Å². The van der Waals surface area contributed by atoms with E-state index >= 15 is 0 Å². The second kappa shape index (κ2) is 11.6. The summed E-state index contributed by atoms with van der Waals surface area (Å²) in [5.41, 5.74) is 2.90. The lowest BCUT2D eigenvalue weighted by Crippen LogP contribution is -2.41. The van der Waals surface area contributed by atoms with Crippen LogP contribution in [0.25, 0.3) is 10.4 Å². The van der Waals surface area contributed by atoms with Crippen LogP contribution >= 0.6 is 11.3 Å². The third kappa shape index (κ3) is 7.26. The van der Waals surface area contributed by atoms with Crippen LogP contribution in [0.5, 0.6) is 5.75 Å². The molecule has 2 heterocycles. The first-order valence-corrected chi connectivity index (χ1v) is 12.7. The summed E-state index contributed by atoms with van der Waals surface area (Å²) in [5.74, 6) is 0.0753. The van der Waals surface area contributed by atoms with Gasteiger partial charge in [-0.25, -0.2) is 9.59 Å². The van der Waals surface area contributed by atoms with Crippen LogP contribution in [0.3, 0.4) is 0 Å². The van der Waals surface area contributed by atoms with E-state index in [4.69, 9.17) is 18.9 Å². The number of nitro benzene ring substituents is 1. The van der Waals surface area contributed by atoms with Crippen molar-refractivity contribution in [3.63, 3.8) is 0 Å². The molecule has 1 fully saturated rings. The van der Waals surface area contributed by atoms with Gasteiger partial charge in [0.25, 0.3) is 5.69 Å². The van der Waals surface area contributed by atoms with Crippen molar-refractivity contribution in [1.82, 2.24) is 10.3 Å². The van der Waals surface area contributed by atoms with Crippen LogP contribution in [-0.4, -0.2) is 52.6 Å². The molecule has 1 aromatic heterocycles. The van der Waals surface area contributed by atoms with Gasteiger partial charge in [-0.2, -0.15) is 0 Å². The Bertz CT molecular complexity index is 1260. The van der Waals surface area contributed by atoms with Crippen molar-refractivity contribution in [3.05, 3.63) is 75.9 Å². The minimum atomic E-state index is -1.03. The molecular weight excluding hydrogens is 514 g/mol. The van der Waals surface area contributed by atoms with E-state index in [0.717, 1.165) is 16.0 Å². The van der Waals surface area contributed by atoms with E-state index in [-0.39, 0.29) is 24.0 Å². The monoisotopic (exact) mass is 541 g/mol. The van der Waals surface area contributed by atoms with E-state index in [1.54, 1.807) is 43.8 Å². The number of non-ortho nitro benzene ring substituents is 1. The molecule has 0 radical (unpaired) electrons. The zero-order valence-corrected chi connectivity index (χ0v) is 21.8. The van der Waals surface area contributed by atoms with E-state index < -0.39 is 35.0 Å². The molecule has 12 heteroatoms. The molecule has 38 heavy (non-hydrogen) atoms. The molecule has 1 saturated heterocycles. The molecule has 0 aliphatic carbocycles. The standard InChI is InChI=1S/C26H27N3O8S/c1-26(2,3)37-25(31)35-21-13-28-20(12-16-4-6-17(7-5-16)22-14-27-15-38-22)23(21)36-24(30)34-19-10-8-18(9-11-19)29(32)33/h4-11,14-15,20-21,23,28H,12-13H2,1-3H3/t20-,21+,23+/m1/s1. The van der Waals surface area contributed by atoms with Crippen LogP contribution in [0.15, 0.2) is 60.2 Å². The fraction of sp³-hybridized carbons (Fsp3) is 0.346. The Balaban J connectivity index is 1.46. The Hall–Kier alpha value is -4.03. The molecule has 0 saturated carbocycles. The van der Waals surface area contributed by atoms with Gasteiger partial charge in [-0.05, 0) is 50.5 Å². The van der Waals surface area contributed by atoms with Crippen molar-refractivity contribution < 1.29 is 33.5 Å². The maximum atomic E-state index is 12.6. The van der Waals surface area contributed by atoms with Crippen molar-refractivity contribution >= 4 is 29.3 Å². The van der Waals surface area contributed by atoms with Crippen molar-refractivity contribution in [3.8, 4) is 16.2 Å². The van der Waals surface area contributed by atoms with Crippen LogP contribution < -0.4 is 10.1 Å². The number of rotatable bonds is 7. The fourth-order valence-corrected chi connectivity index (χ4v) is 4.53. The summed E-state index contributed by atoms with van der Waals surface area (Å²) < 4.78 is 21.6. The summed E-state index contributed by atoms with van der Waals surface area (Å²) in [4.78, 5) is 40.4. The molecule has 0 unspecified atom stereocenters. The first-order chi connectivity index (χ1) is 18.1. The molecule has 1 aliphatic heterocycles. The highest BCUT2D eigenvalue weighted by Gasteiger charge is 2.42. The number of benzene rings is 2. The molecule has 2 aromatic carbocycles. The van der Waals surface area contributed by atoms with Gasteiger partial charge in [0.15, 0.2) is 12.2 Å². The molecule has 1 aliphatic rings. The Morgan fingerprint density at radius 1 is 1.08 bits per heavy atom. The van der Waals surface area contributed by atoms with Crippen molar-refractivity contribution in [2.24, 2.45) is 0 Å². The molecule has 3 atom stereocenters. The first kappa shape index (κ1) is 27.0. The zero-order chi connectivity index (χ0) is 27.3. The Morgan fingerprint density at radius 2 is 1.79 bits per heavy atom. The van der Waals surface area contributed by atoms with Crippen molar-refractivity contribution in [1.29, 1.82) is 0 Å². The minimum Gasteiger partial charge on any atom is -0.429 e. The highest BCUT2D eigenvalue weighted by Crippen LogP contribution is 2.26. The average molecular weight is 542 g/mol. The number of carbonyl (C=O) groups excluding carboxylic acids is 2. The number of nitrogens with zero attached hydrogens (tertiary/aromatic N) is 2. The largest absolute Gasteiger partial charge is 0.514 e. The van der Waals surface area contributed by atoms with Gasteiger partial charge in [0, 0.05) is 24.9 Å². The van der Waals surface area contributed by atoms with Crippen LogP contribution in [0.2, 0.25) is 0 Å². The smallest absolute Gasteiger partial charge is 0.429 e. The summed E-state index contributed by atoms with van der Waals surface area (Å²) in [5, 5.41) is 14.1. The van der Waals surface area contributed by atoms with Gasteiger partial charge in [-0.15, -0.1) is 11.3 Å². The number of nitrogens with one attached hydrogen (secondary N) is 1. The number of nitro groups is 1. The first-order valence-electron chi connectivity index (χ1n) is 11.8. The van der Waals surface area contributed by atoms with E-state index in [0.29, 0.717) is 6.42 Å². The second-order valence-corrected chi connectivity index (χ2v) is 10.5. The second-order valence-electron chi connectivity index (χ2n) is 9.59. The Morgan fingerprint density at radius 3 is 2.39 bits per heavy atom. The topological polar surface area (TPSA) is 139 Å². The van der Waals surface area contributed by atoms with Gasteiger partial charge in [0.05, 0.1) is 21.4 Å². The van der Waals surface area contributed by atoms with Crippen LogP contribution in [0, 0.1) is 10.1 Å². The fourth-order valence-electron chi connectivity index (χ4n) is 3.90. The maximum Gasteiger partial charge on any atom is 0.514 e. The van der Waals surface area contributed by atoms with E-state index in [1.165, 1.54) is 24.3 Å². The van der Waals surface area contributed by atoms with Crippen LogP contribution in [0.1, 0.15) is 26.3 Å². The lowest BCUT2D eigenvalue weighted by molar-refractivity contribution is -0.384. The van der Waals surface area contributed by atoms with Gasteiger partial charge in [0.2, 0.25) is 0 Å². The normalized spacial score (nSPS) is 19.0. The summed E-state index contributed by atoms with van der Waals surface area (Å²) in [6.07, 6.45) is -1.33. The van der Waals surface area contributed by atoms with Crippen molar-refractivity contribution in [2.45, 2.75) is 51.0 Å². The molecule has 0 amide bonds. The number of hydrogen-bond acceptors (Lipinski definition) is 11. The third-order valence-corrected chi connectivity index (χ3v) is 6.41. The van der Waals surface area contributed by atoms with Crippen LogP contribution in [-0.2, 0) is 20.6 Å². The number of ether oxygens (including phenoxy) is 4. The Kier molecular flexibility index (Phi) is 8.23. The van der Waals surface area contributed by atoms with Gasteiger partial charge in [-0.3, -0.25) is 15.1 Å². The quantitative estimate of drug-likeness (QED) is 0.185. The lowest BCUT2D eigenvalue weighted by atomic mass is 10.0.